The molecule has 1 aromatic heterocycles. The number of nitrogens with two attached hydrogens (primary N) is 1. The summed E-state index contributed by atoms with van der Waals surface area (Å²) in [6.45, 7) is 2.08. The maximum Gasteiger partial charge on any atom is 0.144 e. The highest BCUT2D eigenvalue weighted by Gasteiger charge is 2.06. The number of nitrogens with zero attached hydrogens (tertiary/aromatic N) is 2. The Morgan fingerprint density at radius 2 is 2.08 bits per heavy atom. The molecule has 4 heteroatoms. The summed E-state index contributed by atoms with van der Waals surface area (Å²) >= 11 is 5.63. The standard InChI is InChI=1S/C8H12ClN3/c1-2-3-7(10)8-11-4-6(9)5-12-8/h4-5,7H,2-3,10H2,1H3. The molecule has 0 saturated heterocycles. The van der Waals surface area contributed by atoms with E-state index in [-0.39, 0.29) is 6.04 Å². The summed E-state index contributed by atoms with van der Waals surface area (Å²) in [4.78, 5) is 8.06. The molecule has 12 heavy (non-hydrogen) atoms. The largest absolute Gasteiger partial charge is 0.321 e. The second kappa shape index (κ2) is 4.38. The fourth-order valence-corrected chi connectivity index (χ4v) is 1.05. The van der Waals surface area contributed by atoms with E-state index in [1.165, 1.54) is 0 Å². The smallest absolute Gasteiger partial charge is 0.144 e. The fourth-order valence-electron chi connectivity index (χ4n) is 0.954. The van der Waals surface area contributed by atoms with Crippen LogP contribution in [0.1, 0.15) is 31.6 Å². The van der Waals surface area contributed by atoms with Gasteiger partial charge in [-0.2, -0.15) is 0 Å². The van der Waals surface area contributed by atoms with Crippen molar-refractivity contribution in [2.75, 3.05) is 0 Å². The van der Waals surface area contributed by atoms with Crippen LogP contribution in [0.25, 0.3) is 0 Å². The second-order valence-corrected chi connectivity index (χ2v) is 3.09. The zero-order valence-electron chi connectivity index (χ0n) is 7.00. The van der Waals surface area contributed by atoms with Crippen molar-refractivity contribution in [1.82, 2.24) is 9.97 Å². The third-order valence-electron chi connectivity index (χ3n) is 1.57. The zero-order chi connectivity index (χ0) is 8.97. The average Bonchev–Trinajstić information content (AvgIpc) is 2.06. The molecule has 0 radical (unpaired) electrons. The van der Waals surface area contributed by atoms with Gasteiger partial charge in [-0.05, 0) is 6.42 Å². The van der Waals surface area contributed by atoms with Crippen LogP contribution in [-0.4, -0.2) is 9.97 Å². The van der Waals surface area contributed by atoms with E-state index in [0.29, 0.717) is 10.8 Å². The lowest BCUT2D eigenvalue weighted by molar-refractivity contribution is 0.602. The first-order chi connectivity index (χ1) is 5.74. The van der Waals surface area contributed by atoms with E-state index < -0.39 is 0 Å². The quantitative estimate of drug-likeness (QED) is 0.783. The summed E-state index contributed by atoms with van der Waals surface area (Å²) < 4.78 is 0. The van der Waals surface area contributed by atoms with Gasteiger partial charge in [0, 0.05) is 12.4 Å². The molecule has 1 heterocycles. The van der Waals surface area contributed by atoms with E-state index in [1.54, 1.807) is 12.4 Å². The Hall–Kier alpha value is -0.670. The first-order valence-corrected chi connectivity index (χ1v) is 4.35. The van der Waals surface area contributed by atoms with E-state index >= 15 is 0 Å². The molecule has 1 atom stereocenters. The molecule has 0 aliphatic heterocycles. The topological polar surface area (TPSA) is 51.8 Å². The lowest BCUT2D eigenvalue weighted by Crippen LogP contribution is -2.13. The monoisotopic (exact) mass is 185 g/mol. The van der Waals surface area contributed by atoms with Crippen molar-refractivity contribution in [2.24, 2.45) is 5.73 Å². The minimum Gasteiger partial charge on any atom is -0.321 e. The van der Waals surface area contributed by atoms with E-state index in [2.05, 4.69) is 16.9 Å². The van der Waals surface area contributed by atoms with Gasteiger partial charge in [0.05, 0.1) is 11.1 Å². The van der Waals surface area contributed by atoms with Crippen LogP contribution >= 0.6 is 11.6 Å². The van der Waals surface area contributed by atoms with Crippen LogP contribution in [0.4, 0.5) is 0 Å². The molecular weight excluding hydrogens is 174 g/mol. The van der Waals surface area contributed by atoms with Crippen molar-refractivity contribution in [3.63, 3.8) is 0 Å². The molecule has 0 spiro atoms. The SMILES string of the molecule is CCCC(N)c1ncc(Cl)cn1. The number of halogens is 1. The third kappa shape index (κ3) is 2.43. The van der Waals surface area contributed by atoms with Crippen LogP contribution in [0.3, 0.4) is 0 Å². The molecular formula is C8H12ClN3. The molecule has 0 aliphatic carbocycles. The van der Waals surface area contributed by atoms with Crippen molar-refractivity contribution in [3.05, 3.63) is 23.2 Å². The second-order valence-electron chi connectivity index (χ2n) is 2.65. The van der Waals surface area contributed by atoms with Gasteiger partial charge in [0.1, 0.15) is 5.82 Å². The zero-order valence-corrected chi connectivity index (χ0v) is 7.75. The Kier molecular flexibility index (Phi) is 3.44. The summed E-state index contributed by atoms with van der Waals surface area (Å²) in [5.74, 6) is 0.668. The minimum atomic E-state index is -0.0627. The van der Waals surface area contributed by atoms with Gasteiger partial charge in [-0.25, -0.2) is 9.97 Å². The van der Waals surface area contributed by atoms with Crippen LogP contribution in [0, 0.1) is 0 Å². The molecule has 0 bridgehead atoms. The van der Waals surface area contributed by atoms with E-state index in [1.807, 2.05) is 0 Å². The van der Waals surface area contributed by atoms with E-state index in [4.69, 9.17) is 17.3 Å². The molecule has 0 aliphatic rings. The number of rotatable bonds is 3. The first kappa shape index (κ1) is 9.42. The molecule has 1 rings (SSSR count). The van der Waals surface area contributed by atoms with Crippen LogP contribution in [0.5, 0.6) is 0 Å². The van der Waals surface area contributed by atoms with Crippen molar-refractivity contribution < 1.29 is 0 Å². The first-order valence-electron chi connectivity index (χ1n) is 3.97. The highest BCUT2D eigenvalue weighted by atomic mass is 35.5. The van der Waals surface area contributed by atoms with Gasteiger partial charge in [0.2, 0.25) is 0 Å². The van der Waals surface area contributed by atoms with Gasteiger partial charge >= 0.3 is 0 Å². The average molecular weight is 186 g/mol. The van der Waals surface area contributed by atoms with Crippen LogP contribution in [0.15, 0.2) is 12.4 Å². The minimum absolute atomic E-state index is 0.0627. The van der Waals surface area contributed by atoms with Crippen molar-refractivity contribution in [2.45, 2.75) is 25.8 Å². The van der Waals surface area contributed by atoms with Gasteiger partial charge in [-0.3, -0.25) is 0 Å². The Bertz CT molecular complexity index is 235. The summed E-state index contributed by atoms with van der Waals surface area (Å²) in [5.41, 5.74) is 5.79. The van der Waals surface area contributed by atoms with Crippen LogP contribution < -0.4 is 5.73 Å². The molecule has 1 unspecified atom stereocenters. The summed E-state index contributed by atoms with van der Waals surface area (Å²) in [6.07, 6.45) is 5.08. The highest BCUT2D eigenvalue weighted by Crippen LogP contribution is 2.11. The van der Waals surface area contributed by atoms with E-state index in [0.717, 1.165) is 12.8 Å². The fraction of sp³-hybridized carbons (Fsp3) is 0.500. The Labute approximate surface area is 77.0 Å². The predicted molar refractivity (Wildman–Crippen MR) is 48.9 cm³/mol. The number of aromatic nitrogens is 2. The molecule has 2 N–H and O–H groups in total. The van der Waals surface area contributed by atoms with Crippen molar-refractivity contribution >= 4 is 11.6 Å². The van der Waals surface area contributed by atoms with Crippen molar-refractivity contribution in [3.8, 4) is 0 Å². The van der Waals surface area contributed by atoms with Crippen molar-refractivity contribution in [1.29, 1.82) is 0 Å². The van der Waals surface area contributed by atoms with Crippen LogP contribution in [0.2, 0.25) is 5.02 Å². The number of hydrogen-bond donors (Lipinski definition) is 1. The number of hydrogen-bond acceptors (Lipinski definition) is 3. The maximum atomic E-state index is 5.79. The third-order valence-corrected chi connectivity index (χ3v) is 1.77. The molecule has 3 nitrogen and oxygen atoms in total. The Morgan fingerprint density at radius 3 is 2.58 bits per heavy atom. The Morgan fingerprint density at radius 1 is 1.50 bits per heavy atom. The van der Waals surface area contributed by atoms with Gasteiger partial charge in [0.15, 0.2) is 0 Å². The summed E-state index contributed by atoms with van der Waals surface area (Å²) in [5, 5.41) is 0.544. The highest BCUT2D eigenvalue weighted by molar-refractivity contribution is 6.30. The molecule has 66 valence electrons. The molecule has 0 saturated carbocycles. The Balaban J connectivity index is 2.68. The van der Waals surface area contributed by atoms with Crippen LogP contribution in [-0.2, 0) is 0 Å². The predicted octanol–water partition coefficient (Wildman–Crippen LogP) is 1.93. The molecule has 0 aromatic carbocycles. The van der Waals surface area contributed by atoms with Gasteiger partial charge in [-0.1, -0.05) is 24.9 Å². The summed E-state index contributed by atoms with van der Waals surface area (Å²) in [7, 11) is 0. The lowest BCUT2D eigenvalue weighted by Gasteiger charge is -2.07. The lowest BCUT2D eigenvalue weighted by atomic mass is 10.2. The molecule has 1 aromatic rings. The molecule has 0 fully saturated rings. The van der Waals surface area contributed by atoms with Gasteiger partial charge < -0.3 is 5.73 Å². The summed E-state index contributed by atoms with van der Waals surface area (Å²) in [6, 6.07) is -0.0627. The maximum absolute atomic E-state index is 5.79. The normalized spacial score (nSPS) is 12.9. The molecule has 0 amide bonds. The van der Waals surface area contributed by atoms with Gasteiger partial charge in [-0.15, -0.1) is 0 Å². The van der Waals surface area contributed by atoms with E-state index in [9.17, 15) is 0 Å². The van der Waals surface area contributed by atoms with Gasteiger partial charge in [0.25, 0.3) is 0 Å².